The summed E-state index contributed by atoms with van der Waals surface area (Å²) in [7, 11) is 0. The van der Waals surface area contributed by atoms with Gasteiger partial charge < -0.3 is 15.1 Å². The summed E-state index contributed by atoms with van der Waals surface area (Å²) in [6.45, 7) is 5.64. The molecule has 1 fully saturated rings. The van der Waals surface area contributed by atoms with Crippen molar-refractivity contribution in [3.05, 3.63) is 24.0 Å². The molecule has 4 nitrogen and oxygen atoms in total. The quantitative estimate of drug-likeness (QED) is 0.854. The van der Waals surface area contributed by atoms with Crippen molar-refractivity contribution in [3.8, 4) is 0 Å². The molecule has 0 aliphatic carbocycles. The Bertz CT molecular complexity index is 378. The third-order valence-corrected chi connectivity index (χ3v) is 3.77. The lowest BCUT2D eigenvalue weighted by Crippen LogP contribution is -2.24. The molecule has 0 spiro atoms. The van der Waals surface area contributed by atoms with Gasteiger partial charge >= 0.3 is 0 Å². The van der Waals surface area contributed by atoms with Crippen molar-refractivity contribution < 1.29 is 10.2 Å². The topological polar surface area (TPSA) is 56.6 Å². The fraction of sp³-hybridized carbons (Fsp3) is 0.643. The molecule has 0 aromatic carbocycles. The van der Waals surface area contributed by atoms with E-state index in [0.29, 0.717) is 12.3 Å². The molecule has 2 rings (SSSR count). The van der Waals surface area contributed by atoms with Crippen LogP contribution in [0.15, 0.2) is 18.3 Å². The fourth-order valence-electron chi connectivity index (χ4n) is 2.41. The average Bonchev–Trinajstić information content (AvgIpc) is 2.88. The molecular weight excluding hydrogens is 228 g/mol. The van der Waals surface area contributed by atoms with E-state index in [1.54, 1.807) is 0 Å². The first kappa shape index (κ1) is 13.3. The van der Waals surface area contributed by atoms with Crippen LogP contribution in [0.5, 0.6) is 0 Å². The highest BCUT2D eigenvalue weighted by Gasteiger charge is 2.26. The molecule has 18 heavy (non-hydrogen) atoms. The van der Waals surface area contributed by atoms with Gasteiger partial charge in [-0.05, 0) is 31.9 Å². The second-order valence-electron chi connectivity index (χ2n) is 5.10. The lowest BCUT2D eigenvalue weighted by Gasteiger charge is -2.20. The van der Waals surface area contributed by atoms with Crippen LogP contribution in [0.4, 0.5) is 5.69 Å². The Morgan fingerprint density at radius 1 is 1.44 bits per heavy atom. The first-order valence-corrected chi connectivity index (χ1v) is 6.68. The Balaban J connectivity index is 2.02. The molecule has 0 radical (unpaired) electrons. The molecule has 4 heteroatoms. The molecule has 2 N–H and O–H groups in total. The number of aliphatic hydroxyl groups excluding tert-OH is 2. The molecule has 2 heterocycles. The molecule has 100 valence electrons. The van der Waals surface area contributed by atoms with E-state index in [1.165, 1.54) is 0 Å². The fourth-order valence-corrected chi connectivity index (χ4v) is 2.41. The zero-order valence-electron chi connectivity index (χ0n) is 11.1. The number of aromatic nitrogens is 1. The van der Waals surface area contributed by atoms with E-state index in [1.807, 2.05) is 32.2 Å². The minimum absolute atomic E-state index is 0.246. The van der Waals surface area contributed by atoms with Crippen LogP contribution >= 0.6 is 0 Å². The van der Waals surface area contributed by atoms with E-state index in [2.05, 4.69) is 9.88 Å². The Morgan fingerprint density at radius 2 is 2.22 bits per heavy atom. The molecule has 3 atom stereocenters. The number of hydrogen-bond acceptors (Lipinski definition) is 4. The maximum Gasteiger partial charge on any atom is 0.0957 e. The van der Waals surface area contributed by atoms with Crippen LogP contribution in [0.25, 0.3) is 0 Å². The van der Waals surface area contributed by atoms with Crippen molar-refractivity contribution >= 4 is 5.69 Å². The van der Waals surface area contributed by atoms with Gasteiger partial charge in [-0.25, -0.2) is 0 Å². The Kier molecular flexibility index (Phi) is 4.19. The third-order valence-electron chi connectivity index (χ3n) is 3.77. The first-order valence-electron chi connectivity index (χ1n) is 6.68. The number of anilines is 1. The molecule has 3 unspecified atom stereocenters. The highest BCUT2D eigenvalue weighted by molar-refractivity contribution is 5.45. The van der Waals surface area contributed by atoms with E-state index in [-0.39, 0.29) is 6.10 Å². The smallest absolute Gasteiger partial charge is 0.0957 e. The summed E-state index contributed by atoms with van der Waals surface area (Å²) in [4.78, 5) is 6.55. The van der Waals surface area contributed by atoms with E-state index in [0.717, 1.165) is 30.9 Å². The summed E-state index contributed by atoms with van der Waals surface area (Å²) >= 11 is 0. The minimum Gasteiger partial charge on any atom is -0.393 e. The SMILES string of the molecule is CCC(O)c1ccc(N2CCC(C(C)O)C2)cn1. The van der Waals surface area contributed by atoms with E-state index in [4.69, 9.17) is 0 Å². The standard InChI is InChI=1S/C14H22N2O2/c1-3-14(18)13-5-4-12(8-15-13)16-7-6-11(9-16)10(2)17/h4-5,8,10-11,14,17-18H,3,6-7,9H2,1-2H3. The molecule has 1 aromatic rings. The number of pyridine rings is 1. The molecule has 1 aliphatic heterocycles. The van der Waals surface area contributed by atoms with E-state index in [9.17, 15) is 10.2 Å². The van der Waals surface area contributed by atoms with Gasteiger partial charge in [0.15, 0.2) is 0 Å². The van der Waals surface area contributed by atoms with Crippen molar-refractivity contribution in [3.63, 3.8) is 0 Å². The van der Waals surface area contributed by atoms with Gasteiger partial charge in [-0.1, -0.05) is 6.92 Å². The average molecular weight is 250 g/mol. The van der Waals surface area contributed by atoms with Gasteiger partial charge in [0, 0.05) is 19.0 Å². The van der Waals surface area contributed by atoms with Crippen LogP contribution in [0, 0.1) is 5.92 Å². The van der Waals surface area contributed by atoms with Crippen LogP contribution in [0.2, 0.25) is 0 Å². The maximum atomic E-state index is 9.69. The number of hydrogen-bond donors (Lipinski definition) is 2. The number of aliphatic hydroxyl groups is 2. The molecule has 1 aliphatic rings. The Labute approximate surface area is 108 Å². The predicted molar refractivity (Wildman–Crippen MR) is 71.5 cm³/mol. The van der Waals surface area contributed by atoms with E-state index < -0.39 is 6.10 Å². The molecule has 0 amide bonds. The Morgan fingerprint density at radius 3 is 2.72 bits per heavy atom. The van der Waals surface area contributed by atoms with Gasteiger partial charge in [0.05, 0.1) is 29.8 Å². The minimum atomic E-state index is -0.470. The van der Waals surface area contributed by atoms with Crippen molar-refractivity contribution in [1.29, 1.82) is 0 Å². The van der Waals surface area contributed by atoms with Crippen molar-refractivity contribution in [2.24, 2.45) is 5.92 Å². The maximum absolute atomic E-state index is 9.69. The molecule has 1 saturated heterocycles. The summed E-state index contributed by atoms with van der Waals surface area (Å²) in [6.07, 6.45) is 2.81. The monoisotopic (exact) mass is 250 g/mol. The first-order chi connectivity index (χ1) is 8.61. The van der Waals surface area contributed by atoms with Crippen LogP contribution in [-0.4, -0.2) is 34.4 Å². The number of rotatable bonds is 4. The van der Waals surface area contributed by atoms with Gasteiger partial charge in [-0.15, -0.1) is 0 Å². The second kappa shape index (κ2) is 5.67. The summed E-state index contributed by atoms with van der Waals surface area (Å²) in [5.74, 6) is 0.353. The van der Waals surface area contributed by atoms with Gasteiger partial charge in [-0.2, -0.15) is 0 Å². The summed E-state index contributed by atoms with van der Waals surface area (Å²) < 4.78 is 0. The van der Waals surface area contributed by atoms with Crippen molar-refractivity contribution in [2.45, 2.75) is 38.9 Å². The highest BCUT2D eigenvalue weighted by Crippen LogP contribution is 2.26. The van der Waals surface area contributed by atoms with Crippen molar-refractivity contribution in [1.82, 2.24) is 4.98 Å². The van der Waals surface area contributed by atoms with Crippen LogP contribution < -0.4 is 4.90 Å². The lowest BCUT2D eigenvalue weighted by molar-refractivity contribution is 0.136. The van der Waals surface area contributed by atoms with Gasteiger partial charge in [-0.3, -0.25) is 4.98 Å². The van der Waals surface area contributed by atoms with Crippen LogP contribution in [0.1, 0.15) is 38.5 Å². The number of nitrogens with zero attached hydrogens (tertiary/aromatic N) is 2. The zero-order valence-corrected chi connectivity index (χ0v) is 11.1. The van der Waals surface area contributed by atoms with Gasteiger partial charge in [0.1, 0.15) is 0 Å². The highest BCUT2D eigenvalue weighted by atomic mass is 16.3. The molecule has 0 bridgehead atoms. The largest absolute Gasteiger partial charge is 0.393 e. The summed E-state index contributed by atoms with van der Waals surface area (Å²) in [5, 5.41) is 19.3. The van der Waals surface area contributed by atoms with Crippen LogP contribution in [0.3, 0.4) is 0 Å². The van der Waals surface area contributed by atoms with Gasteiger partial charge in [0.25, 0.3) is 0 Å². The summed E-state index contributed by atoms with van der Waals surface area (Å²) in [5.41, 5.74) is 1.80. The van der Waals surface area contributed by atoms with Gasteiger partial charge in [0.2, 0.25) is 0 Å². The molecule has 0 saturated carbocycles. The molecule has 1 aromatic heterocycles. The van der Waals surface area contributed by atoms with E-state index >= 15 is 0 Å². The third kappa shape index (κ3) is 2.82. The molecular formula is C14H22N2O2. The summed E-state index contributed by atoms with van der Waals surface area (Å²) in [6, 6.07) is 3.89. The predicted octanol–water partition coefficient (Wildman–Crippen LogP) is 1.73. The zero-order chi connectivity index (χ0) is 13.1. The second-order valence-corrected chi connectivity index (χ2v) is 5.10. The van der Waals surface area contributed by atoms with Crippen LogP contribution in [-0.2, 0) is 0 Å². The van der Waals surface area contributed by atoms with Crippen molar-refractivity contribution in [2.75, 3.05) is 18.0 Å². The Hall–Kier alpha value is -1.13. The lowest BCUT2D eigenvalue weighted by atomic mass is 10.0. The normalized spacial score (nSPS) is 23.1.